The maximum atomic E-state index is 12.1. The molecule has 1 saturated carbocycles. The van der Waals surface area contributed by atoms with Crippen LogP contribution in [0.15, 0.2) is 0 Å². The number of nitrogens with one attached hydrogen (secondary N) is 2. The molecule has 5 nitrogen and oxygen atoms in total. The fourth-order valence-electron chi connectivity index (χ4n) is 3.93. The van der Waals surface area contributed by atoms with Crippen LogP contribution in [0.3, 0.4) is 0 Å². The minimum atomic E-state index is -0.297. The summed E-state index contributed by atoms with van der Waals surface area (Å²) in [6, 6.07) is -0.0103. The number of carbonyl (C=O) groups is 2. The lowest BCUT2D eigenvalue weighted by Gasteiger charge is -2.34. The Hall–Kier alpha value is -1.10. The first-order chi connectivity index (χ1) is 10.2. The monoisotopic (exact) mass is 293 g/mol. The summed E-state index contributed by atoms with van der Waals surface area (Å²) in [6.07, 6.45) is 8.83. The molecule has 2 heterocycles. The van der Waals surface area contributed by atoms with E-state index in [-0.39, 0.29) is 23.9 Å². The highest BCUT2D eigenvalue weighted by atomic mass is 16.2. The zero-order valence-corrected chi connectivity index (χ0v) is 12.8. The van der Waals surface area contributed by atoms with E-state index in [1.165, 1.54) is 32.2 Å². The highest BCUT2D eigenvalue weighted by molar-refractivity contribution is 5.90. The predicted octanol–water partition coefficient (Wildman–Crippen LogP) is 1.04. The van der Waals surface area contributed by atoms with Gasteiger partial charge in [0, 0.05) is 32.1 Å². The van der Waals surface area contributed by atoms with Crippen LogP contribution >= 0.6 is 0 Å². The summed E-state index contributed by atoms with van der Waals surface area (Å²) in [4.78, 5) is 25.8. The van der Waals surface area contributed by atoms with Crippen molar-refractivity contribution in [2.75, 3.05) is 19.6 Å². The summed E-state index contributed by atoms with van der Waals surface area (Å²) in [5.41, 5.74) is 0. The third-order valence-electron chi connectivity index (χ3n) is 5.24. The molecule has 1 aliphatic carbocycles. The van der Waals surface area contributed by atoms with E-state index in [0.717, 1.165) is 31.8 Å². The summed E-state index contributed by atoms with van der Waals surface area (Å²) in [5.74, 6) is 0.918. The summed E-state index contributed by atoms with van der Waals surface area (Å²) in [6.45, 7) is 3.44. The average molecular weight is 293 g/mol. The Morgan fingerprint density at radius 2 is 1.86 bits per heavy atom. The number of carbonyl (C=O) groups excluding carboxylic acids is 2. The van der Waals surface area contributed by atoms with Gasteiger partial charge in [-0.15, -0.1) is 0 Å². The van der Waals surface area contributed by atoms with Crippen LogP contribution < -0.4 is 10.6 Å². The molecule has 0 spiro atoms. The van der Waals surface area contributed by atoms with Crippen LogP contribution in [0.1, 0.15) is 51.4 Å². The molecule has 0 bridgehead atoms. The lowest BCUT2D eigenvalue weighted by atomic mass is 10.0. The lowest BCUT2D eigenvalue weighted by Crippen LogP contribution is -2.50. The SMILES string of the molecule is O=C1CCC(C(=O)NC2CCN(CC3CCCC3)CC2)N1. The zero-order valence-electron chi connectivity index (χ0n) is 12.8. The third-order valence-corrected chi connectivity index (χ3v) is 5.24. The molecule has 2 aliphatic heterocycles. The molecule has 1 atom stereocenters. The second-order valence-corrected chi connectivity index (χ2v) is 6.89. The first-order valence-electron chi connectivity index (χ1n) is 8.53. The van der Waals surface area contributed by atoms with E-state index in [4.69, 9.17) is 0 Å². The number of amides is 2. The van der Waals surface area contributed by atoms with Crippen molar-refractivity contribution < 1.29 is 9.59 Å². The first-order valence-corrected chi connectivity index (χ1v) is 8.53. The van der Waals surface area contributed by atoms with Gasteiger partial charge < -0.3 is 15.5 Å². The second-order valence-electron chi connectivity index (χ2n) is 6.89. The largest absolute Gasteiger partial charge is 0.351 e. The number of piperidine rings is 1. The molecular formula is C16H27N3O2. The van der Waals surface area contributed by atoms with Gasteiger partial charge in [0.1, 0.15) is 6.04 Å². The number of likely N-dealkylation sites (tertiary alicyclic amines) is 1. The van der Waals surface area contributed by atoms with E-state index in [9.17, 15) is 9.59 Å². The van der Waals surface area contributed by atoms with E-state index in [2.05, 4.69) is 15.5 Å². The van der Waals surface area contributed by atoms with Crippen molar-refractivity contribution in [3.05, 3.63) is 0 Å². The summed E-state index contributed by atoms with van der Waals surface area (Å²) in [7, 11) is 0. The Balaban J connectivity index is 1.37. The molecule has 3 aliphatic rings. The van der Waals surface area contributed by atoms with Gasteiger partial charge in [0.2, 0.25) is 11.8 Å². The van der Waals surface area contributed by atoms with E-state index >= 15 is 0 Å². The van der Waals surface area contributed by atoms with Gasteiger partial charge >= 0.3 is 0 Å². The molecule has 5 heteroatoms. The van der Waals surface area contributed by atoms with Crippen molar-refractivity contribution in [3.8, 4) is 0 Å². The van der Waals surface area contributed by atoms with Gasteiger partial charge in [-0.2, -0.15) is 0 Å². The summed E-state index contributed by atoms with van der Waals surface area (Å²) in [5, 5.41) is 5.85. The minimum Gasteiger partial charge on any atom is -0.351 e. The molecule has 3 rings (SSSR count). The molecule has 2 saturated heterocycles. The second kappa shape index (κ2) is 6.77. The molecule has 118 valence electrons. The van der Waals surface area contributed by atoms with E-state index in [1.807, 2.05) is 0 Å². The van der Waals surface area contributed by atoms with Crippen LogP contribution in [0, 0.1) is 5.92 Å². The van der Waals surface area contributed by atoms with E-state index in [0.29, 0.717) is 12.8 Å². The Labute approximate surface area is 126 Å². The van der Waals surface area contributed by atoms with Crippen molar-refractivity contribution >= 4 is 11.8 Å². The predicted molar refractivity (Wildman–Crippen MR) is 80.7 cm³/mol. The Morgan fingerprint density at radius 1 is 1.14 bits per heavy atom. The summed E-state index contributed by atoms with van der Waals surface area (Å²) < 4.78 is 0. The lowest BCUT2D eigenvalue weighted by molar-refractivity contribution is -0.126. The van der Waals surface area contributed by atoms with Crippen molar-refractivity contribution in [2.45, 2.75) is 63.5 Å². The Morgan fingerprint density at radius 3 is 2.48 bits per heavy atom. The van der Waals surface area contributed by atoms with E-state index < -0.39 is 0 Å². The van der Waals surface area contributed by atoms with Crippen LogP contribution in [0.2, 0.25) is 0 Å². The number of hydrogen-bond donors (Lipinski definition) is 2. The highest BCUT2D eigenvalue weighted by Crippen LogP contribution is 2.26. The molecule has 0 aromatic heterocycles. The Bertz CT molecular complexity index is 385. The van der Waals surface area contributed by atoms with Crippen molar-refractivity contribution in [2.24, 2.45) is 5.92 Å². The van der Waals surface area contributed by atoms with Gasteiger partial charge in [0.05, 0.1) is 0 Å². The van der Waals surface area contributed by atoms with Crippen LogP contribution in [0.5, 0.6) is 0 Å². The van der Waals surface area contributed by atoms with Crippen molar-refractivity contribution in [1.29, 1.82) is 0 Å². The van der Waals surface area contributed by atoms with Crippen LogP contribution in [-0.4, -0.2) is 48.4 Å². The Kier molecular flexibility index (Phi) is 4.78. The molecular weight excluding hydrogens is 266 g/mol. The molecule has 2 N–H and O–H groups in total. The molecule has 0 aromatic rings. The highest BCUT2D eigenvalue weighted by Gasteiger charge is 2.30. The standard InChI is InChI=1S/C16H27N3O2/c20-15-6-5-14(18-15)16(21)17-13-7-9-19(10-8-13)11-12-3-1-2-4-12/h12-14H,1-11H2,(H,17,21)(H,18,20). The summed E-state index contributed by atoms with van der Waals surface area (Å²) >= 11 is 0. The zero-order chi connectivity index (χ0) is 14.7. The number of hydrogen-bond acceptors (Lipinski definition) is 3. The smallest absolute Gasteiger partial charge is 0.242 e. The average Bonchev–Trinajstić information content (AvgIpc) is 3.12. The van der Waals surface area contributed by atoms with Gasteiger partial charge in [-0.3, -0.25) is 9.59 Å². The fraction of sp³-hybridized carbons (Fsp3) is 0.875. The number of nitrogens with zero attached hydrogens (tertiary/aromatic N) is 1. The quantitative estimate of drug-likeness (QED) is 0.814. The fourth-order valence-corrected chi connectivity index (χ4v) is 3.93. The van der Waals surface area contributed by atoms with Crippen molar-refractivity contribution in [1.82, 2.24) is 15.5 Å². The normalized spacial score (nSPS) is 28.8. The van der Waals surface area contributed by atoms with Gasteiger partial charge in [-0.1, -0.05) is 12.8 Å². The van der Waals surface area contributed by atoms with Gasteiger partial charge in [0.25, 0.3) is 0 Å². The van der Waals surface area contributed by atoms with Gasteiger partial charge in [-0.05, 0) is 38.0 Å². The molecule has 3 fully saturated rings. The molecule has 21 heavy (non-hydrogen) atoms. The maximum absolute atomic E-state index is 12.1. The van der Waals surface area contributed by atoms with Gasteiger partial charge in [-0.25, -0.2) is 0 Å². The van der Waals surface area contributed by atoms with Crippen LogP contribution in [-0.2, 0) is 9.59 Å². The maximum Gasteiger partial charge on any atom is 0.242 e. The number of rotatable bonds is 4. The third kappa shape index (κ3) is 3.96. The molecule has 1 unspecified atom stereocenters. The van der Waals surface area contributed by atoms with Crippen LogP contribution in [0.25, 0.3) is 0 Å². The van der Waals surface area contributed by atoms with E-state index in [1.54, 1.807) is 0 Å². The van der Waals surface area contributed by atoms with Crippen molar-refractivity contribution in [3.63, 3.8) is 0 Å². The molecule has 0 radical (unpaired) electrons. The van der Waals surface area contributed by atoms with Crippen LogP contribution in [0.4, 0.5) is 0 Å². The first kappa shape index (κ1) is 14.8. The minimum absolute atomic E-state index is 0.00142. The topological polar surface area (TPSA) is 61.4 Å². The van der Waals surface area contributed by atoms with Gasteiger partial charge in [0.15, 0.2) is 0 Å². The molecule has 2 amide bonds. The molecule has 0 aromatic carbocycles.